The third-order valence-corrected chi connectivity index (χ3v) is 4.58. The van der Waals surface area contributed by atoms with Gasteiger partial charge in [0.1, 0.15) is 0 Å². The van der Waals surface area contributed by atoms with Crippen LogP contribution in [0.25, 0.3) is 0 Å². The molecule has 1 saturated heterocycles. The summed E-state index contributed by atoms with van der Waals surface area (Å²) in [5, 5.41) is 13.7. The Hall–Kier alpha value is -1.36. The number of aliphatic carboxylic acids is 1. The zero-order chi connectivity index (χ0) is 14.9. The molecule has 112 valence electrons. The molecule has 1 aliphatic rings. The van der Waals surface area contributed by atoms with Crippen LogP contribution in [-0.2, 0) is 11.3 Å². The van der Waals surface area contributed by atoms with Gasteiger partial charge in [0.15, 0.2) is 0 Å². The molecule has 0 radical (unpaired) electrons. The molecule has 0 spiro atoms. The SMILES string of the molecule is CCn1nc(C)c(C(C)N2CCC(C(=O)O)CC2)c1C. The first-order chi connectivity index (χ1) is 9.45. The van der Waals surface area contributed by atoms with E-state index in [2.05, 4.69) is 37.7 Å². The number of hydrogen-bond acceptors (Lipinski definition) is 3. The van der Waals surface area contributed by atoms with E-state index in [9.17, 15) is 4.79 Å². The van der Waals surface area contributed by atoms with Crippen molar-refractivity contribution in [3.8, 4) is 0 Å². The number of rotatable bonds is 4. The quantitative estimate of drug-likeness (QED) is 0.919. The van der Waals surface area contributed by atoms with Crippen LogP contribution in [0.2, 0.25) is 0 Å². The van der Waals surface area contributed by atoms with Crippen molar-refractivity contribution in [2.24, 2.45) is 5.92 Å². The maximum Gasteiger partial charge on any atom is 0.306 e. The Morgan fingerprint density at radius 2 is 2.00 bits per heavy atom. The van der Waals surface area contributed by atoms with Crippen LogP contribution in [0.1, 0.15) is 49.7 Å². The summed E-state index contributed by atoms with van der Waals surface area (Å²) in [6, 6.07) is 0.310. The van der Waals surface area contributed by atoms with Crippen molar-refractivity contribution in [2.75, 3.05) is 13.1 Å². The highest BCUT2D eigenvalue weighted by atomic mass is 16.4. The molecule has 1 atom stereocenters. The number of carboxylic acid groups (broad SMARTS) is 1. The number of carboxylic acids is 1. The van der Waals surface area contributed by atoms with Gasteiger partial charge < -0.3 is 5.11 Å². The summed E-state index contributed by atoms with van der Waals surface area (Å²) in [4.78, 5) is 13.4. The Balaban J connectivity index is 2.11. The summed E-state index contributed by atoms with van der Waals surface area (Å²) in [7, 11) is 0. The molecule has 0 amide bonds. The minimum Gasteiger partial charge on any atom is -0.481 e. The molecule has 0 aliphatic carbocycles. The Kier molecular flexibility index (Phi) is 4.48. The fourth-order valence-electron chi connectivity index (χ4n) is 3.34. The van der Waals surface area contributed by atoms with Crippen LogP contribution in [0.15, 0.2) is 0 Å². The number of aromatic nitrogens is 2. The van der Waals surface area contributed by atoms with Gasteiger partial charge in [-0.2, -0.15) is 5.10 Å². The molecule has 0 aromatic carbocycles. The van der Waals surface area contributed by atoms with Crippen molar-refractivity contribution >= 4 is 5.97 Å². The summed E-state index contributed by atoms with van der Waals surface area (Å²) in [5.41, 5.74) is 3.63. The minimum absolute atomic E-state index is 0.168. The molecule has 5 heteroatoms. The van der Waals surface area contributed by atoms with Crippen molar-refractivity contribution in [3.63, 3.8) is 0 Å². The average Bonchev–Trinajstić information content (AvgIpc) is 2.72. The first kappa shape index (κ1) is 15.0. The lowest BCUT2D eigenvalue weighted by Gasteiger charge is -2.35. The Labute approximate surface area is 120 Å². The smallest absolute Gasteiger partial charge is 0.306 e. The monoisotopic (exact) mass is 279 g/mol. The van der Waals surface area contributed by atoms with Gasteiger partial charge in [-0.1, -0.05) is 0 Å². The molecule has 20 heavy (non-hydrogen) atoms. The van der Waals surface area contributed by atoms with Gasteiger partial charge in [-0.3, -0.25) is 14.4 Å². The van der Waals surface area contributed by atoms with Crippen molar-refractivity contribution < 1.29 is 9.90 Å². The molecular weight excluding hydrogens is 254 g/mol. The fraction of sp³-hybridized carbons (Fsp3) is 0.733. The predicted octanol–water partition coefficient (Wildman–Crippen LogP) is 2.38. The third kappa shape index (κ3) is 2.73. The molecular formula is C15H25N3O2. The van der Waals surface area contributed by atoms with Crippen LogP contribution in [0, 0.1) is 19.8 Å². The van der Waals surface area contributed by atoms with E-state index in [0.29, 0.717) is 6.04 Å². The zero-order valence-corrected chi connectivity index (χ0v) is 12.9. The van der Waals surface area contributed by atoms with E-state index in [4.69, 9.17) is 5.11 Å². The molecule has 0 bridgehead atoms. The first-order valence-electron chi connectivity index (χ1n) is 7.46. The lowest BCUT2D eigenvalue weighted by Crippen LogP contribution is -2.38. The molecule has 0 saturated carbocycles. The highest BCUT2D eigenvalue weighted by molar-refractivity contribution is 5.70. The van der Waals surface area contributed by atoms with E-state index in [1.165, 1.54) is 11.3 Å². The predicted molar refractivity (Wildman–Crippen MR) is 77.7 cm³/mol. The van der Waals surface area contributed by atoms with Crippen LogP contribution in [0.4, 0.5) is 0 Å². The Morgan fingerprint density at radius 3 is 2.45 bits per heavy atom. The third-order valence-electron chi connectivity index (χ3n) is 4.58. The van der Waals surface area contributed by atoms with E-state index < -0.39 is 5.97 Å². The summed E-state index contributed by atoms with van der Waals surface area (Å²) in [6.45, 7) is 11.1. The van der Waals surface area contributed by atoms with Gasteiger partial charge in [-0.25, -0.2) is 0 Å². The number of hydrogen-bond donors (Lipinski definition) is 1. The van der Waals surface area contributed by atoms with Gasteiger partial charge in [-0.05, 0) is 53.6 Å². The van der Waals surface area contributed by atoms with Gasteiger partial charge in [0, 0.05) is 23.8 Å². The van der Waals surface area contributed by atoms with Crippen LogP contribution in [-0.4, -0.2) is 38.8 Å². The minimum atomic E-state index is -0.650. The Morgan fingerprint density at radius 1 is 1.40 bits per heavy atom. The van der Waals surface area contributed by atoms with Crippen molar-refractivity contribution in [2.45, 2.75) is 53.1 Å². The largest absolute Gasteiger partial charge is 0.481 e. The molecule has 2 rings (SSSR count). The number of carbonyl (C=O) groups is 1. The summed E-state index contributed by atoms with van der Waals surface area (Å²) >= 11 is 0. The van der Waals surface area contributed by atoms with Crippen molar-refractivity contribution in [1.82, 2.24) is 14.7 Å². The molecule has 2 heterocycles. The van der Waals surface area contributed by atoms with Gasteiger partial charge in [0.05, 0.1) is 11.6 Å². The topological polar surface area (TPSA) is 58.4 Å². The van der Waals surface area contributed by atoms with E-state index >= 15 is 0 Å². The van der Waals surface area contributed by atoms with Crippen LogP contribution in [0.5, 0.6) is 0 Å². The van der Waals surface area contributed by atoms with Crippen molar-refractivity contribution in [3.05, 3.63) is 17.0 Å². The number of piperidine rings is 1. The van der Waals surface area contributed by atoms with Crippen LogP contribution >= 0.6 is 0 Å². The second kappa shape index (κ2) is 5.95. The number of aryl methyl sites for hydroxylation is 2. The molecule has 1 aromatic rings. The normalized spacial score (nSPS) is 19.2. The highest BCUT2D eigenvalue weighted by Crippen LogP contribution is 2.30. The second-order valence-corrected chi connectivity index (χ2v) is 5.72. The van der Waals surface area contributed by atoms with Gasteiger partial charge in [-0.15, -0.1) is 0 Å². The second-order valence-electron chi connectivity index (χ2n) is 5.72. The van der Waals surface area contributed by atoms with E-state index in [1.807, 2.05) is 4.68 Å². The van der Waals surface area contributed by atoms with Gasteiger partial charge >= 0.3 is 5.97 Å². The Bertz CT molecular complexity index is 488. The number of likely N-dealkylation sites (tertiary alicyclic amines) is 1. The van der Waals surface area contributed by atoms with Gasteiger partial charge in [0.25, 0.3) is 0 Å². The number of nitrogens with zero attached hydrogens (tertiary/aromatic N) is 3. The molecule has 5 nitrogen and oxygen atoms in total. The van der Waals surface area contributed by atoms with E-state index in [-0.39, 0.29) is 5.92 Å². The molecule has 1 unspecified atom stereocenters. The fourth-order valence-corrected chi connectivity index (χ4v) is 3.34. The molecule has 1 aromatic heterocycles. The summed E-state index contributed by atoms with van der Waals surface area (Å²) in [5.74, 6) is -0.817. The van der Waals surface area contributed by atoms with Crippen molar-refractivity contribution in [1.29, 1.82) is 0 Å². The van der Waals surface area contributed by atoms with Crippen LogP contribution < -0.4 is 0 Å². The summed E-state index contributed by atoms with van der Waals surface area (Å²) < 4.78 is 2.05. The molecule has 1 aliphatic heterocycles. The van der Waals surface area contributed by atoms with Gasteiger partial charge in [0.2, 0.25) is 0 Å². The maximum absolute atomic E-state index is 11.0. The lowest BCUT2D eigenvalue weighted by atomic mass is 9.94. The maximum atomic E-state index is 11.0. The van der Waals surface area contributed by atoms with E-state index in [0.717, 1.165) is 38.2 Å². The molecule has 1 fully saturated rings. The average molecular weight is 279 g/mol. The van der Waals surface area contributed by atoms with Crippen LogP contribution in [0.3, 0.4) is 0 Å². The van der Waals surface area contributed by atoms with E-state index in [1.54, 1.807) is 0 Å². The first-order valence-corrected chi connectivity index (χ1v) is 7.46. The summed E-state index contributed by atoms with van der Waals surface area (Å²) in [6.07, 6.45) is 1.50. The molecule has 1 N–H and O–H groups in total. The lowest BCUT2D eigenvalue weighted by molar-refractivity contribution is -0.143. The highest BCUT2D eigenvalue weighted by Gasteiger charge is 2.29. The zero-order valence-electron chi connectivity index (χ0n) is 12.9. The standard InChI is InChI=1S/C15H25N3O2/c1-5-18-12(4)14(10(2)16-18)11(3)17-8-6-13(7-9-17)15(19)20/h11,13H,5-9H2,1-4H3,(H,19,20).